The number of piperidine rings is 1. The van der Waals surface area contributed by atoms with Gasteiger partial charge in [-0.25, -0.2) is 18.0 Å². The van der Waals surface area contributed by atoms with Gasteiger partial charge in [-0.05, 0) is 57.6 Å². The molecule has 4 nitrogen and oxygen atoms in total. The van der Waals surface area contributed by atoms with Crippen molar-refractivity contribution in [1.82, 2.24) is 15.5 Å². The summed E-state index contributed by atoms with van der Waals surface area (Å²) in [7, 11) is 1.81. The zero-order valence-electron chi connectivity index (χ0n) is 18.0. The Labute approximate surface area is 177 Å². The molecule has 2 unspecified atom stereocenters. The number of nitrogens with zero attached hydrogens (tertiary/aromatic N) is 1. The summed E-state index contributed by atoms with van der Waals surface area (Å²) in [6, 6.07) is 8.87. The molecule has 1 aromatic rings. The molecular formula is C23H34F3N3O. The van der Waals surface area contributed by atoms with Gasteiger partial charge in [-0.15, -0.1) is 0 Å². The zero-order chi connectivity index (χ0) is 21.8. The second kappa shape index (κ2) is 9.58. The van der Waals surface area contributed by atoms with Gasteiger partial charge in [-0.3, -0.25) is 0 Å². The normalized spacial score (nSPS) is 28.2. The molecule has 0 bridgehead atoms. The Morgan fingerprint density at radius 1 is 1.20 bits per heavy atom. The lowest BCUT2D eigenvalue weighted by molar-refractivity contribution is -0.0474. The van der Waals surface area contributed by atoms with Crippen LogP contribution in [-0.4, -0.2) is 49.2 Å². The number of carbonyl (C=O) groups excluding carboxylic acids is 1. The molecule has 3 atom stereocenters. The van der Waals surface area contributed by atoms with Crippen LogP contribution in [0.3, 0.4) is 0 Å². The van der Waals surface area contributed by atoms with E-state index in [2.05, 4.69) is 10.6 Å². The molecular weight excluding hydrogens is 391 g/mol. The van der Waals surface area contributed by atoms with Crippen LogP contribution >= 0.6 is 0 Å². The van der Waals surface area contributed by atoms with E-state index in [9.17, 15) is 13.6 Å². The van der Waals surface area contributed by atoms with Gasteiger partial charge in [0.2, 0.25) is 5.92 Å². The monoisotopic (exact) mass is 425 g/mol. The molecule has 2 fully saturated rings. The lowest BCUT2D eigenvalue weighted by Crippen LogP contribution is -2.60. The number of likely N-dealkylation sites (tertiary alicyclic amines) is 1. The summed E-state index contributed by atoms with van der Waals surface area (Å²) in [6.07, 6.45) is 1.32. The van der Waals surface area contributed by atoms with Crippen LogP contribution in [0.5, 0.6) is 0 Å². The van der Waals surface area contributed by atoms with Gasteiger partial charge in [0.05, 0.1) is 5.54 Å². The van der Waals surface area contributed by atoms with Crippen LogP contribution in [0.2, 0.25) is 0 Å². The first-order valence-corrected chi connectivity index (χ1v) is 11.1. The van der Waals surface area contributed by atoms with E-state index in [-0.39, 0.29) is 30.8 Å². The molecule has 1 aromatic carbocycles. The molecule has 1 aliphatic heterocycles. The van der Waals surface area contributed by atoms with Crippen LogP contribution in [0.4, 0.5) is 18.0 Å². The van der Waals surface area contributed by atoms with Gasteiger partial charge in [-0.1, -0.05) is 30.3 Å². The van der Waals surface area contributed by atoms with E-state index in [0.29, 0.717) is 45.2 Å². The number of hydrogen-bond donors (Lipinski definition) is 2. The Morgan fingerprint density at radius 3 is 2.50 bits per heavy atom. The van der Waals surface area contributed by atoms with Crippen LogP contribution in [0.1, 0.15) is 57.4 Å². The highest BCUT2D eigenvalue weighted by molar-refractivity contribution is 5.76. The second-order valence-corrected chi connectivity index (χ2v) is 9.01. The Hall–Kier alpha value is -1.76. The predicted octanol–water partition coefficient (Wildman–Crippen LogP) is 4.85. The van der Waals surface area contributed by atoms with Gasteiger partial charge in [0.15, 0.2) is 0 Å². The van der Waals surface area contributed by atoms with E-state index in [0.717, 1.165) is 5.56 Å². The lowest BCUT2D eigenvalue weighted by atomic mass is 9.80. The fourth-order valence-electron chi connectivity index (χ4n) is 4.97. The minimum absolute atomic E-state index is 0.0837. The molecule has 1 saturated heterocycles. The molecule has 0 radical (unpaired) electrons. The fraction of sp³-hybridized carbons (Fsp3) is 0.696. The van der Waals surface area contributed by atoms with Crippen molar-refractivity contribution in [1.29, 1.82) is 0 Å². The zero-order valence-corrected chi connectivity index (χ0v) is 18.0. The van der Waals surface area contributed by atoms with Gasteiger partial charge in [-0.2, -0.15) is 0 Å². The van der Waals surface area contributed by atoms with Gasteiger partial charge in [0, 0.05) is 32.0 Å². The number of benzene rings is 1. The molecule has 0 spiro atoms. The van der Waals surface area contributed by atoms with E-state index in [1.807, 2.05) is 30.3 Å². The summed E-state index contributed by atoms with van der Waals surface area (Å²) in [4.78, 5) is 14.9. The number of hydrogen-bond acceptors (Lipinski definition) is 2. The highest BCUT2D eigenvalue weighted by Gasteiger charge is 2.47. The maximum Gasteiger partial charge on any atom is 0.318 e. The molecule has 0 aromatic heterocycles. The number of nitrogens with one attached hydrogen (secondary N) is 2. The second-order valence-electron chi connectivity index (χ2n) is 9.01. The maximum atomic E-state index is 15.2. The molecule has 2 N–H and O–H groups in total. The highest BCUT2D eigenvalue weighted by Crippen LogP contribution is 2.40. The van der Waals surface area contributed by atoms with Crippen LogP contribution in [0.25, 0.3) is 0 Å². The number of carbonyl (C=O) groups is 1. The van der Waals surface area contributed by atoms with Crippen molar-refractivity contribution < 1.29 is 18.0 Å². The first kappa shape index (κ1) is 22.9. The molecule has 30 heavy (non-hydrogen) atoms. The fourth-order valence-corrected chi connectivity index (χ4v) is 4.97. The van der Waals surface area contributed by atoms with Gasteiger partial charge >= 0.3 is 6.03 Å². The summed E-state index contributed by atoms with van der Waals surface area (Å²) in [5.41, 5.74) is -0.243. The first-order chi connectivity index (χ1) is 14.3. The standard InChI is InChI=1S/C23H34F3N3O/c1-22(18-7-4-3-5-8-18)20(24)9-6-14-29(22)21(30)28-19(16-27-2)15-17-10-12-23(25,26)13-11-17/h3-5,7-8,17,19-20,27H,6,9-16H2,1-2H3,(H,28,30)/t19-,20?,22?/m0/s1. The molecule has 1 heterocycles. The van der Waals surface area contributed by atoms with Crippen LogP contribution < -0.4 is 10.6 Å². The summed E-state index contributed by atoms with van der Waals surface area (Å²) < 4.78 is 42.1. The summed E-state index contributed by atoms with van der Waals surface area (Å²) in [5, 5.41) is 6.16. The van der Waals surface area contributed by atoms with Crippen molar-refractivity contribution in [2.45, 2.75) is 75.5 Å². The Morgan fingerprint density at radius 2 is 1.87 bits per heavy atom. The van der Waals surface area contributed by atoms with Crippen molar-refractivity contribution in [3.05, 3.63) is 35.9 Å². The van der Waals surface area contributed by atoms with Crippen molar-refractivity contribution in [2.24, 2.45) is 5.92 Å². The quantitative estimate of drug-likeness (QED) is 0.684. The number of rotatable bonds is 6. The molecule has 1 aliphatic carbocycles. The summed E-state index contributed by atoms with van der Waals surface area (Å²) in [5.74, 6) is -2.39. The van der Waals surface area contributed by atoms with E-state index in [4.69, 9.17) is 0 Å². The van der Waals surface area contributed by atoms with Crippen molar-refractivity contribution >= 4 is 6.03 Å². The SMILES string of the molecule is CNC[C@H](CC1CCC(F)(F)CC1)NC(=O)N1CCCC(F)C1(C)c1ccccc1. The summed E-state index contributed by atoms with van der Waals surface area (Å²) >= 11 is 0. The lowest BCUT2D eigenvalue weighted by Gasteiger charge is -2.47. The third-order valence-electron chi connectivity index (χ3n) is 6.85. The average molecular weight is 426 g/mol. The third kappa shape index (κ3) is 5.10. The van der Waals surface area contributed by atoms with Crippen LogP contribution in [-0.2, 0) is 5.54 Å². The molecule has 168 valence electrons. The Kier molecular flexibility index (Phi) is 7.32. The number of likely N-dealkylation sites (N-methyl/N-ethyl adjacent to an activating group) is 1. The molecule has 7 heteroatoms. The minimum atomic E-state index is -2.56. The smallest absolute Gasteiger partial charge is 0.318 e. The van der Waals surface area contributed by atoms with Crippen LogP contribution in [0.15, 0.2) is 30.3 Å². The number of amides is 2. The average Bonchev–Trinajstić information content (AvgIpc) is 2.72. The third-order valence-corrected chi connectivity index (χ3v) is 6.85. The van der Waals surface area contributed by atoms with E-state index < -0.39 is 17.6 Å². The predicted molar refractivity (Wildman–Crippen MR) is 112 cm³/mol. The van der Waals surface area contributed by atoms with Gasteiger partial charge < -0.3 is 15.5 Å². The Balaban J connectivity index is 1.71. The molecule has 2 aliphatic rings. The van der Waals surface area contributed by atoms with E-state index >= 15 is 4.39 Å². The van der Waals surface area contributed by atoms with Gasteiger partial charge in [0.1, 0.15) is 6.17 Å². The molecule has 2 amide bonds. The van der Waals surface area contributed by atoms with Gasteiger partial charge in [0.25, 0.3) is 0 Å². The van der Waals surface area contributed by atoms with Crippen molar-refractivity contribution in [2.75, 3.05) is 20.1 Å². The molecule has 1 saturated carbocycles. The van der Waals surface area contributed by atoms with Crippen LogP contribution in [0, 0.1) is 5.92 Å². The maximum absolute atomic E-state index is 15.2. The summed E-state index contributed by atoms with van der Waals surface area (Å²) in [6.45, 7) is 2.83. The first-order valence-electron chi connectivity index (χ1n) is 11.1. The van der Waals surface area contributed by atoms with Crippen molar-refractivity contribution in [3.63, 3.8) is 0 Å². The van der Waals surface area contributed by atoms with Crippen molar-refractivity contribution in [3.8, 4) is 0 Å². The number of halogens is 3. The van der Waals surface area contributed by atoms with E-state index in [1.54, 1.807) is 18.9 Å². The minimum Gasteiger partial charge on any atom is -0.334 e. The topological polar surface area (TPSA) is 44.4 Å². The van der Waals surface area contributed by atoms with E-state index in [1.165, 1.54) is 0 Å². The number of urea groups is 1. The largest absolute Gasteiger partial charge is 0.334 e. The molecule has 3 rings (SSSR count). The Bertz CT molecular complexity index is 692. The number of alkyl halides is 3. The highest BCUT2D eigenvalue weighted by atomic mass is 19.3.